The molecule has 4 aromatic rings. The van der Waals surface area contributed by atoms with E-state index >= 15 is 0 Å². The number of methoxy groups -OCH3 is 2. The number of ether oxygens (including phenoxy) is 3. The largest absolute Gasteiger partial charge is 0.497 e. The molecular weight excluding hydrogens is 452 g/mol. The summed E-state index contributed by atoms with van der Waals surface area (Å²) >= 11 is 6.41. The van der Waals surface area contributed by atoms with Crippen molar-refractivity contribution in [3.05, 3.63) is 100 Å². The van der Waals surface area contributed by atoms with Gasteiger partial charge in [-0.3, -0.25) is 0 Å². The molecule has 0 aliphatic carbocycles. The van der Waals surface area contributed by atoms with Crippen LogP contribution < -0.4 is 19.5 Å². The molecular formula is C26H21ClN4O3. The number of fused-ring (bicyclic) bond motifs is 3. The van der Waals surface area contributed by atoms with Crippen LogP contribution in [0.2, 0.25) is 5.02 Å². The van der Waals surface area contributed by atoms with Gasteiger partial charge in [-0.25, -0.2) is 4.68 Å². The van der Waals surface area contributed by atoms with E-state index in [1.807, 2.05) is 71.4 Å². The number of anilines is 1. The van der Waals surface area contributed by atoms with Crippen LogP contribution in [-0.4, -0.2) is 29.0 Å². The molecule has 0 amide bonds. The van der Waals surface area contributed by atoms with E-state index in [9.17, 15) is 0 Å². The average Bonchev–Trinajstić information content (AvgIpc) is 3.35. The summed E-state index contributed by atoms with van der Waals surface area (Å²) in [5.41, 5.74) is 4.75. The maximum Gasteiger partial charge on any atom is 0.226 e. The predicted molar refractivity (Wildman–Crippen MR) is 130 cm³/mol. The van der Waals surface area contributed by atoms with Gasteiger partial charge in [0.15, 0.2) is 6.10 Å². The average molecular weight is 473 g/mol. The van der Waals surface area contributed by atoms with E-state index in [0.717, 1.165) is 33.7 Å². The van der Waals surface area contributed by atoms with Crippen LogP contribution in [0.5, 0.6) is 17.2 Å². The Bertz CT molecular complexity index is 1430. The van der Waals surface area contributed by atoms with Gasteiger partial charge in [0.25, 0.3) is 0 Å². The van der Waals surface area contributed by atoms with E-state index < -0.39 is 6.10 Å². The molecule has 0 saturated carbocycles. The molecule has 2 aliphatic heterocycles. The number of benzene rings is 3. The van der Waals surface area contributed by atoms with Crippen LogP contribution >= 0.6 is 11.6 Å². The molecule has 2 atom stereocenters. The highest BCUT2D eigenvalue weighted by Gasteiger charge is 2.41. The maximum absolute atomic E-state index is 6.66. The number of halogens is 1. The molecule has 170 valence electrons. The summed E-state index contributed by atoms with van der Waals surface area (Å²) in [6, 6.07) is 21.2. The molecule has 0 fully saturated rings. The lowest BCUT2D eigenvalue weighted by molar-refractivity contribution is 0.217. The number of nitrogens with one attached hydrogen (secondary N) is 1. The Balaban J connectivity index is 1.63. The smallest absolute Gasteiger partial charge is 0.226 e. The minimum absolute atomic E-state index is 0.294. The lowest BCUT2D eigenvalue weighted by atomic mass is 9.84. The zero-order chi connectivity index (χ0) is 23.2. The molecule has 3 aromatic carbocycles. The van der Waals surface area contributed by atoms with Gasteiger partial charge < -0.3 is 19.5 Å². The SMILES string of the molecule is COc1ccc([C@H]2Oc3ccccc3C3=C2[C@H](c2cccc(Cl)c2)n2ncnc2N3)c(OC)c1. The van der Waals surface area contributed by atoms with Gasteiger partial charge >= 0.3 is 0 Å². The summed E-state index contributed by atoms with van der Waals surface area (Å²) in [5, 5.41) is 8.70. The highest BCUT2D eigenvalue weighted by atomic mass is 35.5. The van der Waals surface area contributed by atoms with Gasteiger partial charge in [-0.2, -0.15) is 10.1 Å². The summed E-state index contributed by atoms with van der Waals surface area (Å²) in [4.78, 5) is 4.46. The molecule has 0 radical (unpaired) electrons. The van der Waals surface area contributed by atoms with Crippen LogP contribution in [0.25, 0.3) is 5.70 Å². The fourth-order valence-corrected chi connectivity index (χ4v) is 4.91. The quantitative estimate of drug-likeness (QED) is 0.422. The van der Waals surface area contributed by atoms with Crippen LogP contribution in [0.3, 0.4) is 0 Å². The highest BCUT2D eigenvalue weighted by molar-refractivity contribution is 6.30. The first kappa shape index (κ1) is 20.6. The van der Waals surface area contributed by atoms with Crippen molar-refractivity contribution >= 4 is 23.2 Å². The normalized spacial score (nSPS) is 18.2. The number of aromatic nitrogens is 3. The molecule has 1 aromatic heterocycles. The van der Waals surface area contributed by atoms with Crippen molar-refractivity contribution in [1.29, 1.82) is 0 Å². The van der Waals surface area contributed by atoms with Gasteiger partial charge in [0.1, 0.15) is 29.6 Å². The lowest BCUT2D eigenvalue weighted by Gasteiger charge is -2.39. The Morgan fingerprint density at radius 3 is 2.71 bits per heavy atom. The van der Waals surface area contributed by atoms with Crippen molar-refractivity contribution in [2.45, 2.75) is 12.1 Å². The second-order valence-electron chi connectivity index (χ2n) is 8.04. The van der Waals surface area contributed by atoms with E-state index in [-0.39, 0.29) is 6.04 Å². The Kier molecular flexibility index (Phi) is 4.92. The van der Waals surface area contributed by atoms with Crippen molar-refractivity contribution in [3.63, 3.8) is 0 Å². The Morgan fingerprint density at radius 2 is 1.88 bits per heavy atom. The van der Waals surface area contributed by atoms with Gasteiger partial charge in [-0.05, 0) is 42.0 Å². The third-order valence-corrected chi connectivity index (χ3v) is 6.44. The first-order valence-electron chi connectivity index (χ1n) is 10.8. The number of para-hydroxylation sites is 1. The van der Waals surface area contributed by atoms with Gasteiger partial charge in [0.05, 0.1) is 19.9 Å². The first-order chi connectivity index (χ1) is 16.7. The Labute approximate surface area is 201 Å². The molecule has 8 heteroatoms. The number of hydrogen-bond donors (Lipinski definition) is 1. The standard InChI is InChI=1S/C26H21ClN4O3/c1-32-17-10-11-19(21(13-17)33-2)25-22-23(18-8-3-4-9-20(18)34-25)30-26-28-14-29-31(26)24(22)15-6-5-7-16(27)12-15/h3-14,24-25H,1-2H3,(H,28,29,30)/t24-,25+/m0/s1. The Hall–Kier alpha value is -3.97. The van der Waals surface area contributed by atoms with E-state index in [1.165, 1.54) is 0 Å². The second kappa shape index (κ2) is 8.11. The third-order valence-electron chi connectivity index (χ3n) is 6.21. The lowest BCUT2D eigenvalue weighted by Crippen LogP contribution is -2.32. The van der Waals surface area contributed by atoms with E-state index in [0.29, 0.717) is 22.5 Å². The topological polar surface area (TPSA) is 70.4 Å². The van der Waals surface area contributed by atoms with Gasteiger partial charge in [0.2, 0.25) is 5.95 Å². The number of hydrogen-bond acceptors (Lipinski definition) is 6. The minimum atomic E-state index is -0.459. The van der Waals surface area contributed by atoms with Crippen LogP contribution in [0.1, 0.15) is 28.8 Å². The molecule has 1 N–H and O–H groups in total. The molecule has 0 saturated heterocycles. The summed E-state index contributed by atoms with van der Waals surface area (Å²) in [7, 11) is 3.28. The molecule has 0 spiro atoms. The zero-order valence-corrected chi connectivity index (χ0v) is 19.3. The van der Waals surface area contributed by atoms with Gasteiger partial charge in [0, 0.05) is 27.8 Å². The molecule has 34 heavy (non-hydrogen) atoms. The van der Waals surface area contributed by atoms with Crippen molar-refractivity contribution in [1.82, 2.24) is 14.8 Å². The summed E-state index contributed by atoms with van der Waals surface area (Å²) in [5.74, 6) is 2.80. The fourth-order valence-electron chi connectivity index (χ4n) is 4.71. The fraction of sp³-hybridized carbons (Fsp3) is 0.154. The Morgan fingerprint density at radius 1 is 1.00 bits per heavy atom. The van der Waals surface area contributed by atoms with E-state index in [1.54, 1.807) is 20.5 Å². The van der Waals surface area contributed by atoms with Crippen LogP contribution in [0.15, 0.2) is 78.6 Å². The summed E-state index contributed by atoms with van der Waals surface area (Å²) < 4.78 is 19.7. The maximum atomic E-state index is 6.66. The monoisotopic (exact) mass is 472 g/mol. The van der Waals surface area contributed by atoms with Gasteiger partial charge in [-0.15, -0.1) is 0 Å². The second-order valence-corrected chi connectivity index (χ2v) is 8.48. The van der Waals surface area contributed by atoms with E-state index in [4.69, 9.17) is 25.8 Å². The van der Waals surface area contributed by atoms with Gasteiger partial charge in [-0.1, -0.05) is 35.9 Å². The van der Waals surface area contributed by atoms with Crippen LogP contribution in [-0.2, 0) is 0 Å². The molecule has 3 heterocycles. The van der Waals surface area contributed by atoms with Crippen molar-refractivity contribution < 1.29 is 14.2 Å². The molecule has 2 aliphatic rings. The van der Waals surface area contributed by atoms with E-state index in [2.05, 4.69) is 15.4 Å². The number of nitrogens with zero attached hydrogens (tertiary/aromatic N) is 3. The minimum Gasteiger partial charge on any atom is -0.497 e. The summed E-state index contributed by atoms with van der Waals surface area (Å²) in [6.45, 7) is 0. The molecule has 0 bridgehead atoms. The highest BCUT2D eigenvalue weighted by Crippen LogP contribution is 2.52. The van der Waals surface area contributed by atoms with Crippen LogP contribution in [0, 0.1) is 0 Å². The van der Waals surface area contributed by atoms with Crippen molar-refractivity contribution in [2.75, 3.05) is 19.5 Å². The van der Waals surface area contributed by atoms with Crippen LogP contribution in [0.4, 0.5) is 5.95 Å². The zero-order valence-electron chi connectivity index (χ0n) is 18.5. The van der Waals surface area contributed by atoms with Crippen molar-refractivity contribution in [3.8, 4) is 17.2 Å². The summed E-state index contributed by atoms with van der Waals surface area (Å²) in [6.07, 6.45) is 1.09. The predicted octanol–water partition coefficient (Wildman–Crippen LogP) is 5.51. The third kappa shape index (κ3) is 3.20. The number of rotatable bonds is 4. The molecule has 6 rings (SSSR count). The van der Waals surface area contributed by atoms with Crippen molar-refractivity contribution in [2.24, 2.45) is 0 Å². The molecule has 0 unspecified atom stereocenters. The first-order valence-corrected chi connectivity index (χ1v) is 11.2. The molecule has 7 nitrogen and oxygen atoms in total.